The van der Waals surface area contributed by atoms with Gasteiger partial charge in [-0.25, -0.2) is 9.97 Å². The van der Waals surface area contributed by atoms with Crippen LogP contribution in [0.1, 0.15) is 234 Å². The third kappa shape index (κ3) is 33.6. The zero-order chi connectivity index (χ0) is 106. The molecule has 42 heteroatoms. The summed E-state index contributed by atoms with van der Waals surface area (Å²) in [6, 6.07) is 2.62. The molecule has 5 heterocycles. The van der Waals surface area contributed by atoms with Crippen molar-refractivity contribution < 1.29 is 129 Å². The van der Waals surface area contributed by atoms with Gasteiger partial charge in [0, 0.05) is 179 Å². The average Bonchev–Trinajstić information content (AvgIpc) is 1.58. The Bertz CT molecular complexity index is 5580. The second-order valence-electron chi connectivity index (χ2n) is 38.5. The van der Waals surface area contributed by atoms with Crippen molar-refractivity contribution in [1.82, 2.24) is 56.7 Å². The van der Waals surface area contributed by atoms with Crippen molar-refractivity contribution >= 4 is 150 Å². The molecule has 0 radical (unpaired) electrons. The number of unbranched alkanes of at least 4 members (excludes halogenated alkanes) is 2. The molecular weight excluding hydrogens is 1880 g/mol. The van der Waals surface area contributed by atoms with Gasteiger partial charge in [-0.1, -0.05) is 64.0 Å². The van der Waals surface area contributed by atoms with Crippen molar-refractivity contribution in [2.75, 3.05) is 30.8 Å². The Hall–Kier alpha value is -12.5. The van der Waals surface area contributed by atoms with E-state index in [0.29, 0.717) is 37.1 Å². The monoisotopic (exact) mass is 2010 g/mol. The number of imide groups is 1. The van der Waals surface area contributed by atoms with Crippen LogP contribution in [0.5, 0.6) is 0 Å². The molecule has 1 fully saturated rings. The Morgan fingerprint density at radius 2 is 1.03 bits per heavy atom. The van der Waals surface area contributed by atoms with Crippen LogP contribution >= 0.6 is 11.8 Å². The number of rotatable bonds is 62. The number of benzene rings is 2. The number of nitrogens with one attached hydrogen (secondary N) is 8. The highest BCUT2D eigenvalue weighted by atomic mass is 32.2. The first-order valence-electron chi connectivity index (χ1n) is 47.7. The highest BCUT2D eigenvalue weighted by Crippen LogP contribution is 2.49. The lowest BCUT2D eigenvalue weighted by Crippen LogP contribution is -2.49. The number of hydrogen-bond donors (Lipinski definition) is 14. The smallest absolute Gasteiger partial charge is 0.303 e. The predicted octanol–water partition coefficient (Wildman–Crippen LogP) is 5.80. The minimum Gasteiger partial charge on any atom is -0.481 e. The Balaban J connectivity index is 0.985. The van der Waals surface area contributed by atoms with Gasteiger partial charge in [-0.15, -0.1) is 11.8 Å². The van der Waals surface area contributed by atoms with Crippen LogP contribution in [0.2, 0.25) is 0 Å². The number of fused-ring (bicyclic) bond motifs is 2. The SMILES string of the molecule is CC(=O)C[C@@H](C(=O)N[C@H](Cc1c[nH]cn1)C(=O)C[C@H](CCC(=O)O)C(=O)N[C@H](C)C(=O)C[C@H](C)C(=O)N[C@H](C)C(=O)C[C@H](CSC1CC(=O)N(CCCC(=O)CCCCCN2/C(=C/C=C/C=C/C3=[N+](C)c4ccc(C)cc4C3(C)C)C(C)(C)c3cc(S(=O)(=O)O)ccc32)C1=O)C(=O)N[C@H](C)C(=O)C[C@H](C)C(=O)N[C@H](C)C(=O)C[C@@H](C(=O)N[C@H](Cc1c[nH]cn1)C(=O)C[C@H](CCC(=O)O)C(N)=O)[C@H](C)O)[C@H](C)O. The number of aromatic nitrogens is 4. The Labute approximate surface area is 830 Å². The van der Waals surface area contributed by atoms with E-state index in [-0.39, 0.29) is 85.5 Å². The first-order valence-corrected chi connectivity index (χ1v) is 50.2. The maximum atomic E-state index is 14.6. The second kappa shape index (κ2) is 53.0. The molecule has 774 valence electrons. The maximum absolute atomic E-state index is 14.6. The van der Waals surface area contributed by atoms with Gasteiger partial charge in [0.2, 0.25) is 58.9 Å². The molecule has 0 bridgehead atoms. The summed E-state index contributed by atoms with van der Waals surface area (Å²) in [4.78, 5) is 273. The van der Waals surface area contributed by atoms with Gasteiger partial charge >= 0.3 is 11.9 Å². The van der Waals surface area contributed by atoms with E-state index in [4.69, 9.17) is 5.73 Å². The van der Waals surface area contributed by atoms with Crippen LogP contribution in [0.15, 0.2) is 102 Å². The lowest BCUT2D eigenvalue weighted by atomic mass is 9.81. The molecule has 2 aromatic carbocycles. The van der Waals surface area contributed by atoms with Crippen molar-refractivity contribution in [3.8, 4) is 0 Å². The van der Waals surface area contributed by atoms with Gasteiger partial charge in [-0.05, 0) is 137 Å². The fourth-order valence-electron chi connectivity index (χ4n) is 17.4. The number of nitrogens with two attached hydrogens (primary N) is 1. The molecule has 9 amide bonds. The van der Waals surface area contributed by atoms with Crippen LogP contribution in [-0.4, -0.2) is 259 Å². The van der Waals surface area contributed by atoms with E-state index in [9.17, 15) is 124 Å². The number of aromatic amines is 2. The van der Waals surface area contributed by atoms with E-state index in [1.807, 2.05) is 45.2 Å². The van der Waals surface area contributed by atoms with Crippen molar-refractivity contribution in [1.29, 1.82) is 0 Å². The van der Waals surface area contributed by atoms with E-state index in [2.05, 4.69) is 106 Å². The summed E-state index contributed by atoms with van der Waals surface area (Å²) in [5.41, 5.74) is 12.1. The number of H-pyrrole nitrogens is 2. The summed E-state index contributed by atoms with van der Waals surface area (Å²) in [6.45, 7) is 22.3. The van der Waals surface area contributed by atoms with E-state index < -0.39 is 274 Å². The third-order valence-electron chi connectivity index (χ3n) is 26.2. The number of ketones is 8. The van der Waals surface area contributed by atoms with Crippen LogP contribution < -0.4 is 42.5 Å². The summed E-state index contributed by atoms with van der Waals surface area (Å²) in [6.07, 6.45) is 7.89. The number of amides is 9. The molecule has 1 saturated heterocycles. The Morgan fingerprint density at radius 3 is 1.53 bits per heavy atom. The van der Waals surface area contributed by atoms with Crippen LogP contribution in [0.25, 0.3) is 0 Å². The molecule has 1 unspecified atom stereocenters. The molecule has 2 aromatic heterocycles. The van der Waals surface area contributed by atoms with E-state index in [1.165, 1.54) is 111 Å². The van der Waals surface area contributed by atoms with Crippen molar-refractivity contribution in [2.24, 2.45) is 47.2 Å². The highest BCUT2D eigenvalue weighted by molar-refractivity contribution is 8.00. The maximum Gasteiger partial charge on any atom is 0.303 e. The van der Waals surface area contributed by atoms with Gasteiger partial charge in [-0.3, -0.25) is 95.8 Å². The number of thioether (sulfide) groups is 1. The number of carboxylic acid groups (broad SMARTS) is 2. The molecule has 0 spiro atoms. The number of carbonyl (C=O) groups is 19. The molecule has 0 aliphatic carbocycles. The molecule has 142 heavy (non-hydrogen) atoms. The number of aliphatic hydroxyl groups excluding tert-OH is 2. The summed E-state index contributed by atoms with van der Waals surface area (Å²) < 4.78 is 37.0. The normalized spacial score (nSPS) is 17.9. The fourth-order valence-corrected chi connectivity index (χ4v) is 19.2. The Kier molecular flexibility index (Phi) is 43.4. The molecule has 7 rings (SSSR count). The zero-order valence-corrected chi connectivity index (χ0v) is 84.7. The van der Waals surface area contributed by atoms with Gasteiger partial charge < -0.3 is 77.7 Å². The van der Waals surface area contributed by atoms with Crippen LogP contribution in [0, 0.1) is 48.3 Å². The molecule has 15 N–H and O–H groups in total. The second-order valence-corrected chi connectivity index (χ2v) is 41.2. The molecule has 0 saturated carbocycles. The lowest BCUT2D eigenvalue weighted by molar-refractivity contribution is -0.401. The predicted molar refractivity (Wildman–Crippen MR) is 522 cm³/mol. The number of hydrogen-bond acceptors (Lipinski definition) is 27. The number of aliphatic hydroxyl groups is 2. The molecular formula is C100H137N14O26S2+. The summed E-state index contributed by atoms with van der Waals surface area (Å²) in [5, 5.41) is 54.1. The minimum absolute atomic E-state index is 0.0150. The number of carbonyl (C=O) groups excluding carboxylic acids is 17. The number of primary amides is 1. The fraction of sp³-hybridized carbons (Fsp3) is 0.560. The number of Topliss-reactive ketones (excluding diaryl/α,β-unsaturated/α-hetero) is 8. The van der Waals surface area contributed by atoms with Gasteiger partial charge in [0.15, 0.2) is 40.4 Å². The summed E-state index contributed by atoms with van der Waals surface area (Å²) in [5.74, 6) is -24.8. The molecule has 16 atom stereocenters. The number of anilines is 1. The van der Waals surface area contributed by atoms with Crippen molar-refractivity contribution in [2.45, 2.75) is 295 Å². The number of nitrogens with zero attached hydrogens (tertiary/aromatic N) is 5. The minimum atomic E-state index is -4.54. The van der Waals surface area contributed by atoms with Gasteiger partial charge in [0.05, 0.1) is 106 Å². The lowest BCUT2D eigenvalue weighted by Gasteiger charge is -2.27. The topological polar surface area (TPSA) is 625 Å². The average molecular weight is 2020 g/mol. The highest BCUT2D eigenvalue weighted by Gasteiger charge is 2.46. The van der Waals surface area contributed by atoms with Gasteiger partial charge in [-0.2, -0.15) is 13.0 Å². The Morgan fingerprint density at radius 1 is 0.549 bits per heavy atom. The summed E-state index contributed by atoms with van der Waals surface area (Å²) in [7, 11) is -2.49. The third-order valence-corrected chi connectivity index (χ3v) is 28.5. The standard InChI is InChI=1S/C100H136N14O26S2/c1-54-27-31-77-73(37-54)99(11,12)86(112(77)15)25-19-16-20-26-87-100(13,14)74-46-70(142(138,139)140)30-32-78(74)113(87)35-21-17-18-23-69(118)24-22-36-114-88(125)48-85(98(114)137)141-51-66(95(134)109-59(6)80(120)39-56(3)93(132)107-61(8)82(122)47-72(63(10)117)97(136)111-75(44-67-49-102-52-104-67)83(123)41-64(91(101)130)28-33-89(126)127)43-81(121)60(7)106-92(131)55(2)38-79(119)58(5)108-94(133)65(29-34-90(128)129)42-84(124)76(45-68-50-103-53-105-68)110-96(135)71(62(9)116)40-57(4)115/h16,19-20,25-27,30-32,37,46,49-50,52-53,55-56,58-66,71-72,75-76,85,116-117H,17-18,21-24,28-29,33-36,38-45,47-48,51H2,1-15H3,(H12-,101,102,103,104,105,106,107,108,109,110,111,126,127,128,129,130,131,132,133,134,135,136,138,139,140)/p+1/t55-,56-,58+,59+,60+,61+,62-,63-,64-,65-,66+,71+,72+,75+,76+,85?/m0/s1. The zero-order valence-electron chi connectivity index (χ0n) is 83.1. The van der Waals surface area contributed by atoms with Gasteiger partial charge in [0.1, 0.15) is 18.6 Å². The molecule has 40 nitrogen and oxygen atoms in total. The first kappa shape index (κ1) is 116. The number of aliphatic carboxylic acids is 2. The largest absolute Gasteiger partial charge is 0.481 e. The van der Waals surface area contributed by atoms with Crippen molar-refractivity contribution in [3.05, 3.63) is 126 Å². The van der Waals surface area contributed by atoms with E-state index >= 15 is 0 Å². The summed E-state index contributed by atoms with van der Waals surface area (Å²) >= 11 is 0.859. The number of allylic oxidation sites excluding steroid dienone is 6. The number of aryl methyl sites for hydroxylation is 1. The first-order chi connectivity index (χ1) is 66.5. The number of likely N-dealkylation sites (tertiary alicyclic amines) is 1. The number of carboxylic acids is 2. The number of imidazole rings is 2. The van der Waals surface area contributed by atoms with E-state index in [1.54, 1.807) is 6.07 Å². The quantitative estimate of drug-likeness (QED) is 0.00816. The van der Waals surface area contributed by atoms with Crippen LogP contribution in [0.4, 0.5) is 11.4 Å². The van der Waals surface area contributed by atoms with Crippen LogP contribution in [0.3, 0.4) is 0 Å². The van der Waals surface area contributed by atoms with Crippen LogP contribution in [-0.2, 0) is 125 Å². The van der Waals surface area contributed by atoms with Crippen molar-refractivity contribution in [3.63, 3.8) is 0 Å². The molecule has 3 aliphatic heterocycles. The van der Waals surface area contributed by atoms with Gasteiger partial charge in [0.25, 0.3) is 10.1 Å². The molecule has 4 aromatic rings. The van der Waals surface area contributed by atoms with E-state index in [0.717, 1.165) is 39.4 Å². The molecule has 3 aliphatic rings.